The van der Waals surface area contributed by atoms with Crippen molar-refractivity contribution in [1.82, 2.24) is 0 Å². The van der Waals surface area contributed by atoms with Crippen LogP contribution in [0.3, 0.4) is 0 Å². The van der Waals surface area contributed by atoms with E-state index in [2.05, 4.69) is 19.1 Å². The van der Waals surface area contributed by atoms with Gasteiger partial charge in [0.1, 0.15) is 6.10 Å². The fourth-order valence-corrected chi connectivity index (χ4v) is 2.26. The Bertz CT molecular complexity index is 223. The van der Waals surface area contributed by atoms with E-state index >= 15 is 0 Å². The number of rotatable bonds is 3. The molecule has 0 aliphatic rings. The molecule has 0 aliphatic carbocycles. The van der Waals surface area contributed by atoms with Gasteiger partial charge in [0.25, 0.3) is 0 Å². The molecule has 0 spiro atoms. The molecule has 0 N–H and O–H groups in total. The molecule has 1 nitrogen and oxygen atoms in total. The van der Waals surface area contributed by atoms with Crippen molar-refractivity contribution in [2.75, 3.05) is 0 Å². The van der Waals surface area contributed by atoms with E-state index < -0.39 is 0 Å². The summed E-state index contributed by atoms with van der Waals surface area (Å²) in [5, 5.41) is 0. The quantitative estimate of drug-likeness (QED) is 0.621. The number of benzene rings is 1. The highest BCUT2D eigenvalue weighted by molar-refractivity contribution is 6.56. The molecule has 58 valence electrons. The first-order valence-electron chi connectivity index (χ1n) is 3.66. The average molecular weight is 180 g/mol. The van der Waals surface area contributed by atoms with E-state index in [1.165, 1.54) is 5.56 Å². The molecule has 0 bridgehead atoms. The van der Waals surface area contributed by atoms with E-state index in [0.717, 1.165) is 0 Å². The third-order valence-electron chi connectivity index (χ3n) is 1.57. The average Bonchev–Trinajstić information content (AvgIpc) is 2.07. The Labute approximate surface area is 72.1 Å². The van der Waals surface area contributed by atoms with Crippen molar-refractivity contribution in [3.8, 4) is 0 Å². The first-order valence-corrected chi connectivity index (χ1v) is 7.39. The Kier molecular flexibility index (Phi) is 3.39. The SMILES string of the molecule is CC(O[SiH]=[SiH2])c1ccccc1. The number of hydrogen-bond acceptors (Lipinski definition) is 1. The molecule has 1 aromatic rings. The van der Waals surface area contributed by atoms with E-state index in [0.29, 0.717) is 0 Å². The van der Waals surface area contributed by atoms with Gasteiger partial charge in [0.2, 0.25) is 0 Å². The maximum Gasteiger partial charge on any atom is 0.177 e. The van der Waals surface area contributed by atoms with Crippen LogP contribution in [-0.2, 0) is 4.43 Å². The summed E-state index contributed by atoms with van der Waals surface area (Å²) in [4.78, 5) is 0. The van der Waals surface area contributed by atoms with Crippen molar-refractivity contribution in [2.45, 2.75) is 13.0 Å². The standard InChI is InChI=1S/C8H12OSi2/c1-7(9-11-10)8-5-3-2-4-6-8/h2-7,11H,10H2,1H3. The van der Waals surface area contributed by atoms with Gasteiger partial charge in [-0.25, -0.2) is 0 Å². The van der Waals surface area contributed by atoms with Gasteiger partial charge in [0.15, 0.2) is 8.86 Å². The minimum Gasteiger partial charge on any atom is -0.552 e. The molecule has 0 radical (unpaired) electrons. The summed E-state index contributed by atoms with van der Waals surface area (Å²) in [5.41, 5.74) is 1.27. The van der Waals surface area contributed by atoms with E-state index in [1.54, 1.807) is 0 Å². The van der Waals surface area contributed by atoms with Crippen LogP contribution in [0.15, 0.2) is 30.3 Å². The number of hydrogen-bond donors (Lipinski definition) is 0. The summed E-state index contributed by atoms with van der Waals surface area (Å²) >= 11 is 0. The van der Waals surface area contributed by atoms with Gasteiger partial charge in [-0.3, -0.25) is 0 Å². The smallest absolute Gasteiger partial charge is 0.177 e. The van der Waals surface area contributed by atoms with Crippen LogP contribution < -0.4 is 0 Å². The van der Waals surface area contributed by atoms with Gasteiger partial charge in [-0.1, -0.05) is 30.3 Å². The molecule has 0 aromatic heterocycles. The Morgan fingerprint density at radius 2 is 2.00 bits per heavy atom. The largest absolute Gasteiger partial charge is 0.552 e. The minimum absolute atomic E-state index is 0.171. The highest BCUT2D eigenvalue weighted by Gasteiger charge is 2.00. The monoisotopic (exact) mass is 180 g/mol. The third-order valence-corrected chi connectivity index (χ3v) is 2.75. The van der Waals surface area contributed by atoms with Crippen LogP contribution in [0.25, 0.3) is 0 Å². The summed E-state index contributed by atoms with van der Waals surface area (Å²) < 4.78 is 5.52. The molecule has 11 heavy (non-hydrogen) atoms. The highest BCUT2D eigenvalue weighted by Crippen LogP contribution is 2.13. The molecule has 0 heterocycles. The zero-order valence-electron chi connectivity index (χ0n) is 6.66. The lowest BCUT2D eigenvalue weighted by Crippen LogP contribution is -1.98. The van der Waals surface area contributed by atoms with Gasteiger partial charge in [-0.15, -0.1) is 0 Å². The van der Waals surface area contributed by atoms with E-state index in [-0.39, 0.29) is 15.0 Å². The molecule has 0 aliphatic heterocycles. The second-order valence-electron chi connectivity index (χ2n) is 2.36. The van der Waals surface area contributed by atoms with Crippen LogP contribution >= 0.6 is 0 Å². The van der Waals surface area contributed by atoms with Gasteiger partial charge >= 0.3 is 0 Å². The lowest BCUT2D eigenvalue weighted by atomic mass is 10.1. The predicted molar refractivity (Wildman–Crippen MR) is 51.6 cm³/mol. The summed E-state index contributed by atoms with van der Waals surface area (Å²) in [6.45, 7) is 2.09. The van der Waals surface area contributed by atoms with Gasteiger partial charge in [-0.2, -0.15) is 0 Å². The summed E-state index contributed by atoms with van der Waals surface area (Å²) in [6.07, 6.45) is 0.267. The van der Waals surface area contributed by atoms with Gasteiger partial charge in [0.05, 0.1) is 0 Å². The topological polar surface area (TPSA) is 9.23 Å². The third kappa shape index (κ3) is 2.51. The van der Waals surface area contributed by atoms with E-state index in [4.69, 9.17) is 4.43 Å². The lowest BCUT2D eigenvalue weighted by molar-refractivity contribution is 0.249. The molecule has 0 saturated heterocycles. The second kappa shape index (κ2) is 4.36. The Morgan fingerprint density at radius 3 is 2.55 bits per heavy atom. The maximum atomic E-state index is 5.52. The minimum atomic E-state index is 0.171. The normalized spacial score (nSPS) is 12.1. The first kappa shape index (κ1) is 8.55. The Balaban J connectivity index is 2.68. The van der Waals surface area contributed by atoms with Crippen LogP contribution in [0, 0.1) is 0 Å². The van der Waals surface area contributed by atoms with E-state index in [9.17, 15) is 0 Å². The molecule has 0 fully saturated rings. The first-order chi connectivity index (χ1) is 5.34. The summed E-state index contributed by atoms with van der Waals surface area (Å²) in [5.74, 6) is 0. The van der Waals surface area contributed by atoms with Crippen molar-refractivity contribution in [3.63, 3.8) is 0 Å². The predicted octanol–water partition coefficient (Wildman–Crippen LogP) is 0.664. The summed E-state index contributed by atoms with van der Waals surface area (Å²) in [6, 6.07) is 10.3. The summed E-state index contributed by atoms with van der Waals surface area (Å²) in [7, 11) is 2.09. The van der Waals surface area contributed by atoms with Crippen molar-refractivity contribution in [3.05, 3.63) is 35.9 Å². The molecule has 1 rings (SSSR count). The Hall–Kier alpha value is -0.546. The van der Waals surface area contributed by atoms with Crippen LogP contribution in [0.2, 0.25) is 0 Å². The van der Waals surface area contributed by atoms with Crippen molar-refractivity contribution < 1.29 is 4.43 Å². The Morgan fingerprint density at radius 1 is 1.36 bits per heavy atom. The van der Waals surface area contributed by atoms with Crippen molar-refractivity contribution >= 4 is 18.2 Å². The fourth-order valence-electron chi connectivity index (χ4n) is 0.947. The van der Waals surface area contributed by atoms with Crippen LogP contribution in [-0.4, -0.2) is 18.2 Å². The van der Waals surface area contributed by atoms with E-state index in [1.807, 2.05) is 27.5 Å². The van der Waals surface area contributed by atoms with Crippen LogP contribution in [0.5, 0.6) is 0 Å². The zero-order chi connectivity index (χ0) is 8.10. The fraction of sp³-hybridized carbons (Fsp3) is 0.250. The molecule has 0 amide bonds. The van der Waals surface area contributed by atoms with Gasteiger partial charge in [0, 0.05) is 9.34 Å². The van der Waals surface area contributed by atoms with Gasteiger partial charge < -0.3 is 4.43 Å². The molecule has 0 saturated carbocycles. The molecule has 1 atom stereocenters. The van der Waals surface area contributed by atoms with Crippen molar-refractivity contribution in [2.24, 2.45) is 0 Å². The molecule has 1 aromatic carbocycles. The van der Waals surface area contributed by atoms with Crippen LogP contribution in [0.1, 0.15) is 18.6 Å². The lowest BCUT2D eigenvalue weighted by Gasteiger charge is -2.11. The highest BCUT2D eigenvalue weighted by atomic mass is 28.8. The molecule has 1 unspecified atom stereocenters. The molecule has 3 heteroatoms. The van der Waals surface area contributed by atoms with Crippen molar-refractivity contribution in [1.29, 1.82) is 0 Å². The molecular weight excluding hydrogens is 168 g/mol. The molecular formula is C8H12OSi2. The zero-order valence-corrected chi connectivity index (χ0v) is 9.23. The maximum absolute atomic E-state index is 5.52. The van der Waals surface area contributed by atoms with Gasteiger partial charge in [-0.05, 0) is 12.5 Å². The van der Waals surface area contributed by atoms with Crippen LogP contribution in [0.4, 0.5) is 0 Å². The second-order valence-corrected chi connectivity index (χ2v) is 3.96.